The van der Waals surface area contributed by atoms with Gasteiger partial charge in [0.2, 0.25) is 0 Å². The highest BCUT2D eigenvalue weighted by atomic mass is 19.1. The van der Waals surface area contributed by atoms with Gasteiger partial charge in [-0.1, -0.05) is 18.2 Å². The largest absolute Gasteiger partial charge is 0.496 e. The molecular weight excluding hydrogens is 183 g/mol. The second-order valence-electron chi connectivity index (χ2n) is 3.35. The third-order valence-corrected chi connectivity index (χ3v) is 2.16. The lowest BCUT2D eigenvalue weighted by Gasteiger charge is -2.18. The van der Waals surface area contributed by atoms with E-state index in [4.69, 9.17) is 4.74 Å². The summed E-state index contributed by atoms with van der Waals surface area (Å²) < 4.78 is 18.8. The molecule has 0 aliphatic heterocycles. The highest BCUT2D eigenvalue weighted by Gasteiger charge is 2.29. The molecule has 0 saturated carbocycles. The van der Waals surface area contributed by atoms with E-state index in [1.165, 1.54) is 14.0 Å². The fraction of sp³-hybridized carbons (Fsp3) is 0.364. The van der Waals surface area contributed by atoms with Crippen LogP contribution in [0.3, 0.4) is 0 Å². The summed E-state index contributed by atoms with van der Waals surface area (Å²) in [6.07, 6.45) is 0.282. The summed E-state index contributed by atoms with van der Waals surface area (Å²) in [7, 11) is 1.46. The Morgan fingerprint density at radius 1 is 1.50 bits per heavy atom. The van der Waals surface area contributed by atoms with Crippen LogP contribution < -0.4 is 4.74 Å². The Morgan fingerprint density at radius 3 is 2.64 bits per heavy atom. The lowest BCUT2D eigenvalue weighted by Crippen LogP contribution is -2.18. The van der Waals surface area contributed by atoms with Crippen LogP contribution in [0.15, 0.2) is 18.2 Å². The Balaban J connectivity index is 3.34. The number of halogens is 1. The molecule has 0 saturated heterocycles. The molecule has 1 aromatic carbocycles. The quantitative estimate of drug-likeness (QED) is 0.694. The molecule has 0 aromatic heterocycles. The summed E-state index contributed by atoms with van der Waals surface area (Å²) in [5, 5.41) is 0. The number of aldehydes is 1. The number of alkyl halides is 1. The van der Waals surface area contributed by atoms with Crippen molar-refractivity contribution in [3.8, 4) is 5.75 Å². The zero-order valence-electron chi connectivity index (χ0n) is 8.50. The third-order valence-electron chi connectivity index (χ3n) is 2.16. The minimum absolute atomic E-state index is 0.273. The number of rotatable bonds is 3. The van der Waals surface area contributed by atoms with Crippen molar-refractivity contribution in [1.82, 2.24) is 0 Å². The molecule has 3 heteroatoms. The fourth-order valence-corrected chi connectivity index (χ4v) is 1.37. The molecule has 2 nitrogen and oxygen atoms in total. The number of carbonyl (C=O) groups is 1. The van der Waals surface area contributed by atoms with Crippen molar-refractivity contribution in [1.29, 1.82) is 0 Å². The van der Waals surface area contributed by atoms with Crippen molar-refractivity contribution < 1.29 is 13.9 Å². The minimum Gasteiger partial charge on any atom is -0.496 e. The Bertz CT molecular complexity index is 345. The highest BCUT2D eigenvalue weighted by Crippen LogP contribution is 2.33. The van der Waals surface area contributed by atoms with Gasteiger partial charge in [0.15, 0.2) is 12.0 Å². The van der Waals surface area contributed by atoms with E-state index in [2.05, 4.69) is 0 Å². The smallest absolute Gasteiger partial charge is 0.191 e. The predicted octanol–water partition coefficient (Wildman–Crippen LogP) is 2.39. The van der Waals surface area contributed by atoms with E-state index in [9.17, 15) is 9.18 Å². The molecule has 0 bridgehead atoms. The Kier molecular flexibility index (Phi) is 2.89. The molecule has 0 fully saturated rings. The van der Waals surface area contributed by atoms with Crippen LogP contribution >= 0.6 is 0 Å². The lowest BCUT2D eigenvalue weighted by molar-refractivity contribution is -0.117. The zero-order chi connectivity index (χ0) is 10.8. The molecule has 1 unspecified atom stereocenters. The highest BCUT2D eigenvalue weighted by molar-refractivity contribution is 5.68. The van der Waals surface area contributed by atoms with Crippen LogP contribution in [0.1, 0.15) is 18.1 Å². The molecule has 0 spiro atoms. The Hall–Kier alpha value is -1.38. The van der Waals surface area contributed by atoms with Crippen LogP contribution in [0.25, 0.3) is 0 Å². The summed E-state index contributed by atoms with van der Waals surface area (Å²) in [6.45, 7) is 3.03. The van der Waals surface area contributed by atoms with E-state index < -0.39 is 5.67 Å². The summed E-state index contributed by atoms with van der Waals surface area (Å²) >= 11 is 0. The standard InChI is InChI=1S/C11H13FO2/c1-8-5-4-6-9(10(8)14-3)11(2,12)7-13/h4-7H,1-3H3. The second-order valence-corrected chi connectivity index (χ2v) is 3.35. The van der Waals surface area contributed by atoms with Crippen molar-refractivity contribution in [2.24, 2.45) is 0 Å². The number of aryl methyl sites for hydroxylation is 1. The van der Waals surface area contributed by atoms with Crippen LogP contribution in [0.2, 0.25) is 0 Å². The van der Waals surface area contributed by atoms with Gasteiger partial charge in [-0.3, -0.25) is 4.79 Å². The van der Waals surface area contributed by atoms with Crippen molar-refractivity contribution in [2.75, 3.05) is 7.11 Å². The number of para-hydroxylation sites is 1. The number of carbonyl (C=O) groups excluding carboxylic acids is 1. The summed E-state index contributed by atoms with van der Waals surface area (Å²) in [5.74, 6) is 0.435. The molecule has 76 valence electrons. The van der Waals surface area contributed by atoms with Crippen molar-refractivity contribution >= 4 is 6.29 Å². The average molecular weight is 196 g/mol. The van der Waals surface area contributed by atoms with Crippen LogP contribution in [0, 0.1) is 6.92 Å². The molecule has 1 aromatic rings. The SMILES string of the molecule is COc1c(C)cccc1C(C)(F)C=O. The average Bonchev–Trinajstić information content (AvgIpc) is 2.17. The van der Waals surface area contributed by atoms with Crippen molar-refractivity contribution in [3.05, 3.63) is 29.3 Å². The van der Waals surface area contributed by atoms with E-state index in [1.807, 2.05) is 13.0 Å². The van der Waals surface area contributed by atoms with Gasteiger partial charge in [-0.2, -0.15) is 0 Å². The first kappa shape index (κ1) is 10.7. The molecule has 0 aliphatic rings. The van der Waals surface area contributed by atoms with Gasteiger partial charge in [-0.15, -0.1) is 0 Å². The molecule has 1 atom stereocenters. The van der Waals surface area contributed by atoms with Gasteiger partial charge < -0.3 is 4.74 Å². The maximum Gasteiger partial charge on any atom is 0.191 e. The van der Waals surface area contributed by atoms with Crippen molar-refractivity contribution in [3.63, 3.8) is 0 Å². The third kappa shape index (κ3) is 1.76. The first-order valence-corrected chi connectivity index (χ1v) is 4.32. The van der Waals surface area contributed by atoms with Crippen LogP contribution in [0.4, 0.5) is 4.39 Å². The number of ether oxygens (including phenoxy) is 1. The van der Waals surface area contributed by atoms with Crippen LogP contribution in [-0.2, 0) is 10.5 Å². The molecule has 1 rings (SSSR count). The van der Waals surface area contributed by atoms with Gasteiger partial charge >= 0.3 is 0 Å². The van der Waals surface area contributed by atoms with Gasteiger partial charge in [0.1, 0.15) is 5.75 Å². The van der Waals surface area contributed by atoms with Crippen LogP contribution in [-0.4, -0.2) is 13.4 Å². The molecule has 0 heterocycles. The lowest BCUT2D eigenvalue weighted by atomic mass is 9.96. The molecular formula is C11H13FO2. The molecule has 0 aliphatic carbocycles. The maximum absolute atomic E-state index is 13.7. The number of hydrogen-bond donors (Lipinski definition) is 0. The van der Waals surface area contributed by atoms with Gasteiger partial charge in [-0.25, -0.2) is 4.39 Å². The van der Waals surface area contributed by atoms with E-state index in [0.29, 0.717) is 5.75 Å². The van der Waals surface area contributed by atoms with E-state index in [-0.39, 0.29) is 11.8 Å². The predicted molar refractivity (Wildman–Crippen MR) is 52.3 cm³/mol. The van der Waals surface area contributed by atoms with Gasteiger partial charge in [0.25, 0.3) is 0 Å². The van der Waals surface area contributed by atoms with Gasteiger partial charge in [-0.05, 0) is 19.4 Å². The first-order valence-electron chi connectivity index (χ1n) is 4.32. The fourth-order valence-electron chi connectivity index (χ4n) is 1.37. The zero-order valence-corrected chi connectivity index (χ0v) is 8.50. The molecule has 0 amide bonds. The number of hydrogen-bond acceptors (Lipinski definition) is 2. The summed E-state index contributed by atoms with van der Waals surface area (Å²) in [6, 6.07) is 5.07. The second kappa shape index (κ2) is 3.78. The number of benzene rings is 1. The molecule has 0 radical (unpaired) electrons. The van der Waals surface area contributed by atoms with E-state index in [0.717, 1.165) is 5.56 Å². The van der Waals surface area contributed by atoms with Crippen LogP contribution in [0.5, 0.6) is 5.75 Å². The minimum atomic E-state index is -1.99. The molecule has 14 heavy (non-hydrogen) atoms. The first-order chi connectivity index (χ1) is 6.53. The Morgan fingerprint density at radius 2 is 2.14 bits per heavy atom. The van der Waals surface area contributed by atoms with Gasteiger partial charge in [0.05, 0.1) is 7.11 Å². The normalized spacial score (nSPS) is 14.6. The van der Waals surface area contributed by atoms with E-state index >= 15 is 0 Å². The monoisotopic (exact) mass is 196 g/mol. The molecule has 0 N–H and O–H groups in total. The maximum atomic E-state index is 13.7. The topological polar surface area (TPSA) is 26.3 Å². The number of methoxy groups -OCH3 is 1. The van der Waals surface area contributed by atoms with Crippen molar-refractivity contribution in [2.45, 2.75) is 19.5 Å². The van der Waals surface area contributed by atoms with Gasteiger partial charge in [0, 0.05) is 5.56 Å². The Labute approximate surface area is 82.7 Å². The van der Waals surface area contributed by atoms with E-state index in [1.54, 1.807) is 12.1 Å². The summed E-state index contributed by atoms with van der Waals surface area (Å²) in [4.78, 5) is 10.6. The summed E-state index contributed by atoms with van der Waals surface area (Å²) in [5.41, 5.74) is -0.900.